The molecule has 3 aromatic rings. The maximum absolute atomic E-state index is 12.7. The lowest BCUT2D eigenvalue weighted by Crippen LogP contribution is -2.35. The van der Waals surface area contributed by atoms with Crippen LogP contribution in [0.1, 0.15) is 31.5 Å². The maximum atomic E-state index is 12.7. The molecule has 0 unspecified atom stereocenters. The number of rotatable bonds is 2. The third-order valence-corrected chi connectivity index (χ3v) is 6.47. The number of benzene rings is 1. The van der Waals surface area contributed by atoms with Gasteiger partial charge in [-0.2, -0.15) is 13.2 Å². The number of fused-ring (bicyclic) bond motifs is 1. The number of carbonyl (C=O) groups is 1. The number of aryl methyl sites for hydroxylation is 1. The molecule has 1 aliphatic rings. The van der Waals surface area contributed by atoms with Gasteiger partial charge < -0.3 is 4.90 Å². The quantitative estimate of drug-likeness (QED) is 0.611. The van der Waals surface area contributed by atoms with Gasteiger partial charge in [0.25, 0.3) is 5.91 Å². The second-order valence-corrected chi connectivity index (χ2v) is 8.15. The summed E-state index contributed by atoms with van der Waals surface area (Å²) in [5.41, 5.74) is 3.28. The van der Waals surface area contributed by atoms with Crippen LogP contribution >= 0.6 is 22.7 Å². The summed E-state index contributed by atoms with van der Waals surface area (Å²) in [7, 11) is 0. The Bertz CT molecular complexity index is 992. The molecular weight excluding hydrogens is 395 g/mol. The van der Waals surface area contributed by atoms with Gasteiger partial charge in [-0.15, -0.1) is 22.7 Å². The number of hydrogen-bond acceptors (Lipinski definition) is 5. The summed E-state index contributed by atoms with van der Waals surface area (Å²) in [5, 5.41) is 0.678. The lowest BCUT2D eigenvalue weighted by atomic mass is 10.1. The van der Waals surface area contributed by atoms with Crippen molar-refractivity contribution in [2.45, 2.75) is 26.1 Å². The van der Waals surface area contributed by atoms with Crippen LogP contribution in [0.2, 0.25) is 0 Å². The van der Waals surface area contributed by atoms with Crippen LogP contribution in [0.15, 0.2) is 29.8 Å². The van der Waals surface area contributed by atoms with Crippen molar-refractivity contribution in [1.29, 1.82) is 0 Å². The predicted octanol–water partition coefficient (Wildman–Crippen LogP) is 4.79. The zero-order chi connectivity index (χ0) is 19.2. The minimum atomic E-state index is -4.35. The predicted molar refractivity (Wildman–Crippen MR) is 97.8 cm³/mol. The topological polar surface area (TPSA) is 46.1 Å². The molecular formula is C18H14F3N3OS2. The van der Waals surface area contributed by atoms with E-state index in [0.717, 1.165) is 28.4 Å². The van der Waals surface area contributed by atoms with Crippen molar-refractivity contribution in [3.8, 4) is 10.6 Å². The first-order valence-corrected chi connectivity index (χ1v) is 9.88. The second-order valence-electron chi connectivity index (χ2n) is 6.21. The van der Waals surface area contributed by atoms with Gasteiger partial charge in [-0.25, -0.2) is 9.97 Å². The molecule has 0 fully saturated rings. The highest BCUT2D eigenvalue weighted by Crippen LogP contribution is 2.35. The van der Waals surface area contributed by atoms with E-state index in [0.29, 0.717) is 35.0 Å². The normalized spacial score (nSPS) is 14.3. The molecule has 0 atom stereocenters. The summed E-state index contributed by atoms with van der Waals surface area (Å²) in [6.07, 6.45) is -3.72. The number of carbonyl (C=O) groups excluding carboxylic acids is 1. The van der Waals surface area contributed by atoms with Crippen LogP contribution in [0.4, 0.5) is 13.2 Å². The first-order valence-electron chi connectivity index (χ1n) is 8.18. The zero-order valence-electron chi connectivity index (χ0n) is 14.2. The van der Waals surface area contributed by atoms with Gasteiger partial charge in [-0.05, 0) is 19.1 Å². The van der Waals surface area contributed by atoms with Crippen LogP contribution in [0, 0.1) is 6.92 Å². The van der Waals surface area contributed by atoms with Crippen LogP contribution in [0.25, 0.3) is 10.6 Å². The Balaban J connectivity index is 1.55. The van der Waals surface area contributed by atoms with Gasteiger partial charge in [0.05, 0.1) is 29.0 Å². The summed E-state index contributed by atoms with van der Waals surface area (Å²) in [6.45, 7) is 2.84. The average molecular weight is 409 g/mol. The van der Waals surface area contributed by atoms with Gasteiger partial charge in [0.1, 0.15) is 9.88 Å². The number of hydrogen-bond donors (Lipinski definition) is 0. The third-order valence-electron chi connectivity index (χ3n) is 4.42. The number of aromatic nitrogens is 2. The van der Waals surface area contributed by atoms with E-state index in [1.54, 1.807) is 10.4 Å². The molecule has 0 saturated carbocycles. The van der Waals surface area contributed by atoms with Crippen LogP contribution in [-0.2, 0) is 19.1 Å². The SMILES string of the molecule is Cc1ncsc1C(=O)N1CCc2nc(-c3ccc(C(F)(F)F)cc3)sc2C1. The smallest absolute Gasteiger partial charge is 0.332 e. The largest absolute Gasteiger partial charge is 0.416 e. The van der Waals surface area contributed by atoms with Gasteiger partial charge in [-0.3, -0.25) is 4.79 Å². The molecule has 4 rings (SSSR count). The van der Waals surface area contributed by atoms with Crippen LogP contribution in [-0.4, -0.2) is 27.3 Å². The number of halogens is 3. The molecule has 2 aromatic heterocycles. The third kappa shape index (κ3) is 3.49. The highest BCUT2D eigenvalue weighted by molar-refractivity contribution is 7.15. The van der Waals surface area contributed by atoms with Gasteiger partial charge >= 0.3 is 6.18 Å². The molecule has 0 N–H and O–H groups in total. The molecule has 9 heteroatoms. The standard InChI is InChI=1S/C18H14F3N3OS2/c1-10-15(26-9-22-10)17(25)24-7-6-13-14(8-24)27-16(23-13)11-2-4-12(5-3-11)18(19,20)21/h2-5,9H,6-8H2,1H3. The number of thiazole rings is 2. The zero-order valence-corrected chi connectivity index (χ0v) is 15.8. The molecule has 0 radical (unpaired) electrons. The fourth-order valence-electron chi connectivity index (χ4n) is 2.94. The first-order chi connectivity index (χ1) is 12.8. The maximum Gasteiger partial charge on any atom is 0.416 e. The molecule has 0 saturated heterocycles. The van der Waals surface area contributed by atoms with E-state index < -0.39 is 11.7 Å². The summed E-state index contributed by atoms with van der Waals surface area (Å²) in [5.74, 6) is -0.0369. The molecule has 4 nitrogen and oxygen atoms in total. The fourth-order valence-corrected chi connectivity index (χ4v) is 4.84. The van der Waals surface area contributed by atoms with Gasteiger partial charge in [0.2, 0.25) is 0 Å². The summed E-state index contributed by atoms with van der Waals surface area (Å²) in [6, 6.07) is 5.02. The van der Waals surface area contributed by atoms with Crippen LogP contribution in [0.5, 0.6) is 0 Å². The molecule has 0 spiro atoms. The van der Waals surface area contributed by atoms with Gasteiger partial charge in [0, 0.05) is 23.4 Å². The number of amides is 1. The average Bonchev–Trinajstić information content (AvgIpc) is 3.25. The lowest BCUT2D eigenvalue weighted by molar-refractivity contribution is -0.137. The number of alkyl halides is 3. The Hall–Kier alpha value is -2.26. The highest BCUT2D eigenvalue weighted by Gasteiger charge is 2.30. The van der Waals surface area contributed by atoms with Gasteiger partial charge in [0.15, 0.2) is 0 Å². The molecule has 0 aliphatic carbocycles. The Morgan fingerprint density at radius 2 is 1.96 bits per heavy atom. The Kier molecular flexibility index (Phi) is 4.51. The molecule has 3 heterocycles. The van der Waals surface area contributed by atoms with E-state index in [4.69, 9.17) is 0 Å². The van der Waals surface area contributed by atoms with E-state index in [-0.39, 0.29) is 5.91 Å². The van der Waals surface area contributed by atoms with Crippen molar-refractivity contribution in [2.75, 3.05) is 6.54 Å². The van der Waals surface area contributed by atoms with E-state index >= 15 is 0 Å². The van der Waals surface area contributed by atoms with Crippen molar-refractivity contribution in [2.24, 2.45) is 0 Å². The van der Waals surface area contributed by atoms with E-state index in [1.807, 2.05) is 6.92 Å². The second kappa shape index (κ2) is 6.72. The van der Waals surface area contributed by atoms with Crippen molar-refractivity contribution in [3.05, 3.63) is 56.5 Å². The van der Waals surface area contributed by atoms with Crippen molar-refractivity contribution < 1.29 is 18.0 Å². The minimum absolute atomic E-state index is 0.0369. The highest BCUT2D eigenvalue weighted by atomic mass is 32.1. The molecule has 1 amide bonds. The van der Waals surface area contributed by atoms with E-state index in [9.17, 15) is 18.0 Å². The lowest BCUT2D eigenvalue weighted by Gasteiger charge is -2.25. The van der Waals surface area contributed by atoms with Crippen molar-refractivity contribution in [1.82, 2.24) is 14.9 Å². The van der Waals surface area contributed by atoms with Crippen LogP contribution in [0.3, 0.4) is 0 Å². The van der Waals surface area contributed by atoms with Crippen molar-refractivity contribution in [3.63, 3.8) is 0 Å². The summed E-state index contributed by atoms with van der Waals surface area (Å²) in [4.78, 5) is 24.8. The summed E-state index contributed by atoms with van der Waals surface area (Å²) < 4.78 is 38.2. The molecule has 27 heavy (non-hydrogen) atoms. The molecule has 0 bridgehead atoms. The Morgan fingerprint density at radius 1 is 1.22 bits per heavy atom. The molecule has 140 valence electrons. The summed E-state index contributed by atoms with van der Waals surface area (Å²) >= 11 is 2.76. The molecule has 1 aliphatic heterocycles. The Labute approximate surface area is 161 Å². The monoisotopic (exact) mass is 409 g/mol. The Morgan fingerprint density at radius 3 is 2.59 bits per heavy atom. The van der Waals surface area contributed by atoms with Gasteiger partial charge in [-0.1, -0.05) is 12.1 Å². The fraction of sp³-hybridized carbons (Fsp3) is 0.278. The number of nitrogens with zero attached hydrogens (tertiary/aromatic N) is 3. The van der Waals surface area contributed by atoms with E-state index in [1.165, 1.54) is 34.8 Å². The van der Waals surface area contributed by atoms with Crippen LogP contribution < -0.4 is 0 Å². The van der Waals surface area contributed by atoms with E-state index in [2.05, 4.69) is 9.97 Å². The first kappa shape index (κ1) is 18.1. The molecule has 1 aromatic carbocycles. The minimum Gasteiger partial charge on any atom is -0.332 e. The van der Waals surface area contributed by atoms with Crippen molar-refractivity contribution >= 4 is 28.6 Å².